The summed E-state index contributed by atoms with van der Waals surface area (Å²) in [4.78, 5) is 26.0. The highest BCUT2D eigenvalue weighted by Gasteiger charge is 2.26. The van der Waals surface area contributed by atoms with Crippen LogP contribution in [0.3, 0.4) is 0 Å². The lowest BCUT2D eigenvalue weighted by Gasteiger charge is -2.25. The number of aromatic nitrogens is 3. The molecule has 1 aliphatic heterocycles. The van der Waals surface area contributed by atoms with Gasteiger partial charge in [-0.25, -0.2) is 8.42 Å². The van der Waals surface area contributed by atoms with Crippen LogP contribution in [0.15, 0.2) is 82.8 Å². The molecule has 0 radical (unpaired) electrons. The molecule has 2 N–H and O–H groups in total. The zero-order chi connectivity index (χ0) is 31.8. The van der Waals surface area contributed by atoms with Gasteiger partial charge in [-0.2, -0.15) is 4.31 Å². The lowest BCUT2D eigenvalue weighted by Crippen LogP contribution is -2.35. The number of methoxy groups -OCH3 is 2. The van der Waals surface area contributed by atoms with E-state index in [-0.39, 0.29) is 23.1 Å². The van der Waals surface area contributed by atoms with Gasteiger partial charge in [0.05, 0.1) is 37.1 Å². The van der Waals surface area contributed by atoms with Gasteiger partial charge in [0.25, 0.3) is 5.91 Å². The smallest absolute Gasteiger partial charge is 0.251 e. The van der Waals surface area contributed by atoms with Gasteiger partial charge in [0, 0.05) is 24.3 Å². The molecule has 0 unspecified atom stereocenters. The quantitative estimate of drug-likeness (QED) is 0.216. The Morgan fingerprint density at radius 2 is 1.60 bits per heavy atom. The molecule has 0 bridgehead atoms. The van der Waals surface area contributed by atoms with Crippen LogP contribution in [0.4, 0.5) is 5.69 Å². The Kier molecular flexibility index (Phi) is 10.4. The molecule has 2 amide bonds. The van der Waals surface area contributed by atoms with E-state index in [0.717, 1.165) is 19.3 Å². The molecule has 0 aliphatic carbocycles. The van der Waals surface area contributed by atoms with E-state index in [1.54, 1.807) is 49.1 Å². The van der Waals surface area contributed by atoms with E-state index in [0.29, 0.717) is 52.5 Å². The molecule has 236 valence electrons. The molecule has 0 saturated carbocycles. The summed E-state index contributed by atoms with van der Waals surface area (Å²) < 4.78 is 39.9. The number of nitrogens with zero attached hydrogens (tertiary/aromatic N) is 4. The second-order valence-electron chi connectivity index (χ2n) is 10.1. The van der Waals surface area contributed by atoms with Crippen molar-refractivity contribution in [3.8, 4) is 17.2 Å². The average Bonchev–Trinajstić information content (AvgIpc) is 3.49. The Morgan fingerprint density at radius 1 is 0.889 bits per heavy atom. The first-order valence-electron chi connectivity index (χ1n) is 14.3. The number of benzene rings is 3. The van der Waals surface area contributed by atoms with Gasteiger partial charge in [0.15, 0.2) is 11.0 Å². The van der Waals surface area contributed by atoms with Crippen molar-refractivity contribution in [2.24, 2.45) is 0 Å². The predicted octanol–water partition coefficient (Wildman–Crippen LogP) is 4.12. The SMILES string of the molecule is COc1ccc(NC(=O)CSc2nnc(CNC(=O)c3ccc(S(=O)(=O)N4CCCCC4)cc3)n2-c2ccccc2OC)cc1. The number of piperidine rings is 1. The van der Waals surface area contributed by atoms with Crippen LogP contribution in [-0.4, -0.2) is 72.4 Å². The minimum absolute atomic E-state index is 0.0102. The van der Waals surface area contributed by atoms with Crippen molar-refractivity contribution in [1.82, 2.24) is 24.4 Å². The second-order valence-corrected chi connectivity index (χ2v) is 13.0. The van der Waals surface area contributed by atoms with Crippen molar-refractivity contribution >= 4 is 39.3 Å². The van der Waals surface area contributed by atoms with E-state index in [9.17, 15) is 18.0 Å². The van der Waals surface area contributed by atoms with Crippen molar-refractivity contribution in [1.29, 1.82) is 0 Å². The lowest BCUT2D eigenvalue weighted by molar-refractivity contribution is -0.113. The summed E-state index contributed by atoms with van der Waals surface area (Å²) in [5.74, 6) is 1.07. The van der Waals surface area contributed by atoms with Crippen molar-refractivity contribution in [2.45, 2.75) is 35.9 Å². The predicted molar refractivity (Wildman–Crippen MR) is 170 cm³/mol. The molecule has 2 heterocycles. The molecule has 3 aromatic carbocycles. The van der Waals surface area contributed by atoms with Gasteiger partial charge in [0.1, 0.15) is 11.5 Å². The molecular formula is C31H34N6O6S2. The summed E-state index contributed by atoms with van der Waals surface area (Å²) >= 11 is 1.19. The molecule has 5 rings (SSSR count). The molecule has 0 spiro atoms. The van der Waals surface area contributed by atoms with E-state index in [1.807, 2.05) is 18.2 Å². The molecule has 1 saturated heterocycles. The maximum absolute atomic E-state index is 13.1. The fraction of sp³-hybridized carbons (Fsp3) is 0.290. The van der Waals surface area contributed by atoms with Crippen LogP contribution in [0, 0.1) is 0 Å². The van der Waals surface area contributed by atoms with Gasteiger partial charge in [-0.3, -0.25) is 14.2 Å². The number of nitrogens with one attached hydrogen (secondary N) is 2. The number of amides is 2. The molecular weight excluding hydrogens is 617 g/mol. The minimum Gasteiger partial charge on any atom is -0.497 e. The van der Waals surface area contributed by atoms with Crippen molar-refractivity contribution < 1.29 is 27.5 Å². The van der Waals surface area contributed by atoms with Crippen LogP contribution < -0.4 is 20.1 Å². The molecule has 14 heteroatoms. The molecule has 4 aromatic rings. The number of rotatable bonds is 12. The Labute approximate surface area is 266 Å². The number of thioether (sulfide) groups is 1. The number of carbonyl (C=O) groups excluding carboxylic acids is 2. The van der Waals surface area contributed by atoms with E-state index in [1.165, 1.54) is 40.3 Å². The topological polar surface area (TPSA) is 145 Å². The first-order chi connectivity index (χ1) is 21.8. The van der Waals surface area contributed by atoms with Crippen LogP contribution in [0.5, 0.6) is 11.5 Å². The summed E-state index contributed by atoms with van der Waals surface area (Å²) in [5.41, 5.74) is 1.58. The zero-order valence-corrected chi connectivity index (χ0v) is 26.6. The van der Waals surface area contributed by atoms with Crippen molar-refractivity contribution in [3.63, 3.8) is 0 Å². The van der Waals surface area contributed by atoms with Crippen molar-refractivity contribution in [2.75, 3.05) is 38.4 Å². The summed E-state index contributed by atoms with van der Waals surface area (Å²) in [7, 11) is -0.476. The highest BCUT2D eigenvalue weighted by molar-refractivity contribution is 7.99. The third-order valence-corrected chi connectivity index (χ3v) is 10.1. The molecule has 1 aromatic heterocycles. The zero-order valence-electron chi connectivity index (χ0n) is 24.9. The van der Waals surface area contributed by atoms with Crippen LogP contribution in [0.2, 0.25) is 0 Å². The summed E-state index contributed by atoms with van der Waals surface area (Å²) in [6.07, 6.45) is 2.71. The normalized spacial score (nSPS) is 13.6. The first-order valence-corrected chi connectivity index (χ1v) is 16.8. The van der Waals surface area contributed by atoms with Gasteiger partial charge in [-0.05, 0) is 73.5 Å². The summed E-state index contributed by atoms with van der Waals surface area (Å²) in [6.45, 7) is 1.02. The molecule has 45 heavy (non-hydrogen) atoms. The number of anilines is 1. The highest BCUT2D eigenvalue weighted by atomic mass is 32.2. The van der Waals surface area contributed by atoms with Gasteiger partial charge in [-0.1, -0.05) is 30.3 Å². The maximum Gasteiger partial charge on any atom is 0.251 e. The minimum atomic E-state index is -3.60. The molecule has 0 atom stereocenters. The average molecular weight is 651 g/mol. The van der Waals surface area contributed by atoms with Gasteiger partial charge in [-0.15, -0.1) is 10.2 Å². The number of ether oxygens (including phenoxy) is 2. The first kappa shape index (κ1) is 32.0. The number of hydrogen-bond donors (Lipinski definition) is 2. The Balaban J connectivity index is 1.29. The van der Waals surface area contributed by atoms with E-state index >= 15 is 0 Å². The number of para-hydroxylation sites is 2. The Morgan fingerprint density at radius 3 is 2.29 bits per heavy atom. The number of sulfonamides is 1. The van der Waals surface area contributed by atoms with Crippen LogP contribution in [0.1, 0.15) is 35.4 Å². The van der Waals surface area contributed by atoms with Crippen LogP contribution >= 0.6 is 11.8 Å². The van der Waals surface area contributed by atoms with Gasteiger partial charge < -0.3 is 20.1 Å². The second kappa shape index (κ2) is 14.6. The largest absolute Gasteiger partial charge is 0.497 e. The molecule has 1 aliphatic rings. The van der Waals surface area contributed by atoms with Crippen molar-refractivity contribution in [3.05, 3.63) is 84.2 Å². The number of hydrogen-bond acceptors (Lipinski definition) is 9. The lowest BCUT2D eigenvalue weighted by atomic mass is 10.2. The fourth-order valence-electron chi connectivity index (χ4n) is 4.86. The monoisotopic (exact) mass is 650 g/mol. The summed E-state index contributed by atoms with van der Waals surface area (Å²) in [6, 6.07) is 20.2. The van der Waals surface area contributed by atoms with Crippen LogP contribution in [-0.2, 0) is 21.4 Å². The summed E-state index contributed by atoms with van der Waals surface area (Å²) in [5, 5.41) is 14.7. The fourth-order valence-corrected chi connectivity index (χ4v) is 7.14. The number of carbonyl (C=O) groups is 2. The van der Waals surface area contributed by atoms with Crippen LogP contribution in [0.25, 0.3) is 5.69 Å². The van der Waals surface area contributed by atoms with E-state index in [4.69, 9.17) is 9.47 Å². The van der Waals surface area contributed by atoms with E-state index in [2.05, 4.69) is 20.8 Å². The standard InChI is InChI=1S/C31H34N6O6S2/c1-42-24-14-12-23(13-15-24)33-29(38)21-44-31-35-34-28(37(31)26-8-4-5-9-27(26)43-2)20-32-30(39)22-10-16-25(17-11-22)45(40,41)36-18-6-3-7-19-36/h4-5,8-17H,3,6-7,18-21H2,1-2H3,(H,32,39)(H,33,38). The van der Waals surface area contributed by atoms with Gasteiger partial charge >= 0.3 is 0 Å². The molecule has 1 fully saturated rings. The Hall–Kier alpha value is -4.40. The Bertz CT molecular complexity index is 1740. The third kappa shape index (κ3) is 7.64. The molecule has 12 nitrogen and oxygen atoms in total. The van der Waals surface area contributed by atoms with E-state index < -0.39 is 15.9 Å². The van der Waals surface area contributed by atoms with Gasteiger partial charge in [0.2, 0.25) is 15.9 Å². The third-order valence-electron chi connectivity index (χ3n) is 7.21. The highest BCUT2D eigenvalue weighted by Crippen LogP contribution is 2.29. The maximum atomic E-state index is 13.1.